The third-order valence-corrected chi connectivity index (χ3v) is 2.44. The maximum atomic E-state index is 11.4. The van der Waals surface area contributed by atoms with Crippen molar-refractivity contribution in [2.75, 3.05) is 11.2 Å². The maximum Gasteiger partial charge on any atom is 0.231 e. The van der Waals surface area contributed by atoms with E-state index in [1.165, 1.54) is 0 Å². The van der Waals surface area contributed by atoms with Crippen LogP contribution >= 0.6 is 11.6 Å². The Morgan fingerprint density at radius 1 is 1.56 bits per heavy atom. The fraction of sp³-hybridized carbons (Fsp3) is 0.636. The van der Waals surface area contributed by atoms with E-state index in [0.29, 0.717) is 24.1 Å². The Balaban J connectivity index is 2.37. The second-order valence-electron chi connectivity index (χ2n) is 3.96. The Kier molecular flexibility index (Phi) is 5.32. The van der Waals surface area contributed by atoms with Gasteiger partial charge in [-0.05, 0) is 18.8 Å². The third kappa shape index (κ3) is 4.23. The summed E-state index contributed by atoms with van der Waals surface area (Å²) in [6, 6.07) is 1.75. The van der Waals surface area contributed by atoms with Crippen LogP contribution in [0, 0.1) is 0 Å². The highest BCUT2D eigenvalue weighted by Crippen LogP contribution is 2.17. The average Bonchev–Trinajstić information content (AvgIpc) is 2.66. The van der Waals surface area contributed by atoms with E-state index in [1.54, 1.807) is 6.07 Å². The Bertz CT molecular complexity index is 336. The highest BCUT2D eigenvalue weighted by atomic mass is 35.5. The van der Waals surface area contributed by atoms with Crippen LogP contribution in [0.15, 0.2) is 10.6 Å². The molecule has 0 aliphatic rings. The predicted molar refractivity (Wildman–Crippen MR) is 63.8 cm³/mol. The zero-order valence-electron chi connectivity index (χ0n) is 9.62. The molecule has 0 aliphatic heterocycles. The number of nitrogens with one attached hydrogen (secondary N) is 1. The van der Waals surface area contributed by atoms with E-state index >= 15 is 0 Å². The van der Waals surface area contributed by atoms with E-state index in [-0.39, 0.29) is 5.91 Å². The van der Waals surface area contributed by atoms with Gasteiger partial charge in [-0.3, -0.25) is 10.1 Å². The molecule has 1 heterocycles. The van der Waals surface area contributed by atoms with Gasteiger partial charge in [-0.2, -0.15) is 0 Å². The molecule has 0 spiro atoms. The molecule has 1 aromatic rings. The van der Waals surface area contributed by atoms with Crippen LogP contribution in [-0.4, -0.2) is 16.9 Å². The van der Waals surface area contributed by atoms with Crippen LogP contribution in [0.2, 0.25) is 0 Å². The number of aromatic nitrogens is 1. The van der Waals surface area contributed by atoms with E-state index < -0.39 is 0 Å². The minimum Gasteiger partial charge on any atom is -0.338 e. The summed E-state index contributed by atoms with van der Waals surface area (Å²) in [5.41, 5.74) is 0.844. The molecule has 4 nitrogen and oxygen atoms in total. The Morgan fingerprint density at radius 2 is 2.31 bits per heavy atom. The van der Waals surface area contributed by atoms with Gasteiger partial charge in [0.1, 0.15) is 0 Å². The zero-order valence-corrected chi connectivity index (χ0v) is 10.4. The van der Waals surface area contributed by atoms with Crippen LogP contribution in [-0.2, 0) is 4.79 Å². The smallest absolute Gasteiger partial charge is 0.231 e. The molecule has 0 saturated heterocycles. The number of hydrogen-bond acceptors (Lipinski definition) is 3. The van der Waals surface area contributed by atoms with Crippen LogP contribution in [0.4, 0.5) is 5.88 Å². The molecule has 1 rings (SSSR count). The van der Waals surface area contributed by atoms with Crippen molar-refractivity contribution in [1.82, 2.24) is 5.16 Å². The van der Waals surface area contributed by atoms with Crippen LogP contribution in [0.5, 0.6) is 0 Å². The molecule has 1 amide bonds. The van der Waals surface area contributed by atoms with E-state index in [9.17, 15) is 4.79 Å². The summed E-state index contributed by atoms with van der Waals surface area (Å²) in [4.78, 5) is 11.4. The average molecular weight is 245 g/mol. The van der Waals surface area contributed by atoms with Gasteiger partial charge in [0.05, 0.1) is 5.69 Å². The summed E-state index contributed by atoms with van der Waals surface area (Å²) in [6.45, 7) is 4.04. The first-order valence-electron chi connectivity index (χ1n) is 5.46. The normalized spacial score (nSPS) is 10.8. The molecule has 0 unspecified atom stereocenters. The van der Waals surface area contributed by atoms with E-state index in [4.69, 9.17) is 16.1 Å². The Morgan fingerprint density at radius 3 is 2.88 bits per heavy atom. The molecule has 90 valence electrons. The number of rotatable bonds is 6. The molecule has 0 atom stereocenters. The van der Waals surface area contributed by atoms with Crippen molar-refractivity contribution in [3.63, 3.8) is 0 Å². The lowest BCUT2D eigenvalue weighted by atomic mass is 10.1. The largest absolute Gasteiger partial charge is 0.338 e. The Hall–Kier alpha value is -1.03. The summed E-state index contributed by atoms with van der Waals surface area (Å²) in [7, 11) is 0. The van der Waals surface area contributed by atoms with Crippen molar-refractivity contribution in [1.29, 1.82) is 0 Å². The minimum atomic E-state index is -0.0587. The van der Waals surface area contributed by atoms with Gasteiger partial charge >= 0.3 is 0 Å². The number of carbonyl (C=O) groups excluding carboxylic acids is 1. The van der Waals surface area contributed by atoms with Crippen molar-refractivity contribution < 1.29 is 9.32 Å². The minimum absolute atomic E-state index is 0.0587. The van der Waals surface area contributed by atoms with Gasteiger partial charge < -0.3 is 4.52 Å². The molecule has 0 bridgehead atoms. The van der Waals surface area contributed by atoms with Crippen molar-refractivity contribution in [3.05, 3.63) is 11.8 Å². The van der Waals surface area contributed by atoms with Crippen molar-refractivity contribution in [2.24, 2.45) is 0 Å². The molecule has 1 N–H and O–H groups in total. The molecule has 0 saturated carbocycles. The number of alkyl halides is 1. The topological polar surface area (TPSA) is 55.1 Å². The molecular weight excluding hydrogens is 228 g/mol. The molecule has 0 aromatic carbocycles. The molecule has 0 fully saturated rings. The van der Waals surface area contributed by atoms with Gasteiger partial charge in [0.2, 0.25) is 11.8 Å². The molecule has 1 aromatic heterocycles. The second-order valence-corrected chi connectivity index (χ2v) is 4.34. The highest BCUT2D eigenvalue weighted by molar-refractivity contribution is 6.17. The zero-order chi connectivity index (χ0) is 12.0. The van der Waals surface area contributed by atoms with Gasteiger partial charge in [-0.1, -0.05) is 19.0 Å². The van der Waals surface area contributed by atoms with Crippen molar-refractivity contribution in [2.45, 2.75) is 39.0 Å². The first-order chi connectivity index (χ1) is 7.63. The van der Waals surface area contributed by atoms with E-state index in [2.05, 4.69) is 10.5 Å². The van der Waals surface area contributed by atoms with Gasteiger partial charge in [0, 0.05) is 18.4 Å². The standard InChI is InChI=1S/C11H17ClN2O2/c1-8(2)9-7-11(16-14-9)13-10(15)5-3-4-6-12/h7-8H,3-6H2,1-2H3,(H,13,15). The third-order valence-electron chi connectivity index (χ3n) is 2.17. The van der Waals surface area contributed by atoms with Crippen molar-refractivity contribution >= 4 is 23.4 Å². The Labute approximate surface area is 100 Å². The second kappa shape index (κ2) is 6.53. The summed E-state index contributed by atoms with van der Waals surface area (Å²) in [6.07, 6.45) is 2.10. The number of amides is 1. The van der Waals surface area contributed by atoms with Gasteiger partial charge in [-0.15, -0.1) is 11.6 Å². The monoisotopic (exact) mass is 244 g/mol. The molecule has 0 aliphatic carbocycles. The molecular formula is C11H17ClN2O2. The number of unbranched alkanes of at least 4 members (excludes halogenated alkanes) is 1. The summed E-state index contributed by atoms with van der Waals surface area (Å²) in [5.74, 6) is 1.24. The summed E-state index contributed by atoms with van der Waals surface area (Å²) in [5, 5.41) is 6.52. The maximum absolute atomic E-state index is 11.4. The number of nitrogens with zero attached hydrogens (tertiary/aromatic N) is 1. The first kappa shape index (κ1) is 13.0. The lowest BCUT2D eigenvalue weighted by Crippen LogP contribution is -2.10. The van der Waals surface area contributed by atoms with Gasteiger partial charge in [0.25, 0.3) is 0 Å². The quantitative estimate of drug-likeness (QED) is 0.618. The molecule has 5 heteroatoms. The van der Waals surface area contributed by atoms with Crippen LogP contribution in [0.3, 0.4) is 0 Å². The molecule has 0 radical (unpaired) electrons. The molecule has 16 heavy (non-hydrogen) atoms. The first-order valence-corrected chi connectivity index (χ1v) is 5.99. The van der Waals surface area contributed by atoms with Crippen LogP contribution in [0.1, 0.15) is 44.7 Å². The summed E-state index contributed by atoms with van der Waals surface area (Å²) < 4.78 is 4.99. The van der Waals surface area contributed by atoms with E-state index in [0.717, 1.165) is 18.5 Å². The number of halogens is 1. The number of hydrogen-bond donors (Lipinski definition) is 1. The fourth-order valence-corrected chi connectivity index (χ4v) is 1.39. The predicted octanol–water partition coefficient (Wildman–Crippen LogP) is 3.15. The summed E-state index contributed by atoms with van der Waals surface area (Å²) >= 11 is 5.52. The van der Waals surface area contributed by atoms with Crippen LogP contribution in [0.25, 0.3) is 0 Å². The van der Waals surface area contributed by atoms with Gasteiger partial charge in [-0.25, -0.2) is 0 Å². The lowest BCUT2D eigenvalue weighted by Gasteiger charge is -1.99. The van der Waals surface area contributed by atoms with Gasteiger partial charge in [0.15, 0.2) is 0 Å². The van der Waals surface area contributed by atoms with Crippen LogP contribution < -0.4 is 5.32 Å². The number of anilines is 1. The highest BCUT2D eigenvalue weighted by Gasteiger charge is 2.09. The van der Waals surface area contributed by atoms with Crippen molar-refractivity contribution in [3.8, 4) is 0 Å². The lowest BCUT2D eigenvalue weighted by molar-refractivity contribution is -0.116. The van der Waals surface area contributed by atoms with E-state index in [1.807, 2.05) is 13.8 Å². The number of carbonyl (C=O) groups is 1. The SMILES string of the molecule is CC(C)c1cc(NC(=O)CCCCCl)on1. The fourth-order valence-electron chi connectivity index (χ4n) is 1.20.